The van der Waals surface area contributed by atoms with Crippen LogP contribution in [0.15, 0.2) is 30.3 Å². The van der Waals surface area contributed by atoms with Crippen molar-refractivity contribution in [2.75, 3.05) is 5.75 Å². The average Bonchev–Trinajstić information content (AvgIpc) is 2.49. The molecule has 0 aromatic heterocycles. The summed E-state index contributed by atoms with van der Waals surface area (Å²) in [5, 5.41) is 11.5. The molecule has 1 aliphatic heterocycles. The number of thioether (sulfide) groups is 1. The van der Waals surface area contributed by atoms with Crippen molar-refractivity contribution in [2.45, 2.75) is 5.72 Å². The quantitative estimate of drug-likeness (QED) is 0.553. The van der Waals surface area contributed by atoms with Crippen LogP contribution in [0.1, 0.15) is 5.56 Å². The van der Waals surface area contributed by atoms with Crippen molar-refractivity contribution in [1.82, 2.24) is 5.01 Å². The van der Waals surface area contributed by atoms with E-state index in [1.807, 2.05) is 30.3 Å². The first-order valence-corrected chi connectivity index (χ1v) is 5.53. The average molecular weight is 226 g/mol. The van der Waals surface area contributed by atoms with Gasteiger partial charge in [0.2, 0.25) is 0 Å². The lowest BCUT2D eigenvalue weighted by Gasteiger charge is -2.30. The van der Waals surface area contributed by atoms with Gasteiger partial charge in [-0.15, -0.1) is 0 Å². The first kappa shape index (κ1) is 9.92. The van der Waals surface area contributed by atoms with E-state index in [1.54, 1.807) is 0 Å². The minimum Gasteiger partial charge on any atom is -0.365 e. The van der Waals surface area contributed by atoms with Gasteiger partial charge in [-0.1, -0.05) is 54.3 Å². The van der Waals surface area contributed by atoms with Crippen LogP contribution in [-0.2, 0) is 5.72 Å². The molecule has 0 spiro atoms. The highest BCUT2D eigenvalue weighted by atomic mass is 32.2. The van der Waals surface area contributed by atoms with Crippen molar-refractivity contribution in [3.63, 3.8) is 0 Å². The SMILES string of the molecule is NN1C(=S)SCC1(O)c1ccccc1. The molecule has 1 aromatic carbocycles. The lowest BCUT2D eigenvalue weighted by Crippen LogP contribution is -2.48. The molecule has 1 unspecified atom stereocenters. The number of rotatable bonds is 1. The molecule has 3 nitrogen and oxygen atoms in total. The molecule has 1 heterocycles. The molecule has 5 heteroatoms. The van der Waals surface area contributed by atoms with E-state index in [0.717, 1.165) is 5.56 Å². The van der Waals surface area contributed by atoms with E-state index >= 15 is 0 Å². The zero-order valence-electron chi connectivity index (χ0n) is 7.38. The van der Waals surface area contributed by atoms with Gasteiger partial charge in [-0.25, -0.2) is 5.84 Å². The summed E-state index contributed by atoms with van der Waals surface area (Å²) in [5.74, 6) is 6.19. The summed E-state index contributed by atoms with van der Waals surface area (Å²) < 4.78 is 0.524. The molecule has 1 aromatic rings. The van der Waals surface area contributed by atoms with Crippen molar-refractivity contribution in [1.29, 1.82) is 0 Å². The zero-order chi connectivity index (χ0) is 10.2. The van der Waals surface area contributed by atoms with Gasteiger partial charge in [-0.2, -0.15) is 0 Å². The van der Waals surface area contributed by atoms with Crippen molar-refractivity contribution >= 4 is 28.3 Å². The van der Waals surface area contributed by atoms with Gasteiger partial charge in [0.1, 0.15) is 0 Å². The van der Waals surface area contributed by atoms with E-state index in [1.165, 1.54) is 16.8 Å². The van der Waals surface area contributed by atoms with E-state index in [2.05, 4.69) is 0 Å². The number of nitrogens with zero attached hydrogens (tertiary/aromatic N) is 1. The van der Waals surface area contributed by atoms with Gasteiger partial charge in [-0.05, 0) is 0 Å². The van der Waals surface area contributed by atoms with Crippen LogP contribution in [0.3, 0.4) is 0 Å². The lowest BCUT2D eigenvalue weighted by molar-refractivity contribution is -0.0475. The Morgan fingerprint density at radius 1 is 1.43 bits per heavy atom. The molecule has 0 saturated carbocycles. The van der Waals surface area contributed by atoms with Crippen LogP contribution in [0.25, 0.3) is 0 Å². The molecule has 0 radical (unpaired) electrons. The molecule has 74 valence electrons. The summed E-state index contributed by atoms with van der Waals surface area (Å²) in [6.45, 7) is 0. The first-order valence-electron chi connectivity index (χ1n) is 4.14. The highest BCUT2D eigenvalue weighted by Crippen LogP contribution is 2.36. The Kier molecular flexibility index (Phi) is 2.48. The van der Waals surface area contributed by atoms with E-state index in [0.29, 0.717) is 10.1 Å². The number of hydrogen-bond donors (Lipinski definition) is 2. The van der Waals surface area contributed by atoms with Crippen LogP contribution in [0.2, 0.25) is 0 Å². The number of aliphatic hydroxyl groups is 1. The normalized spacial score (nSPS) is 27.0. The second-order valence-electron chi connectivity index (χ2n) is 3.11. The van der Waals surface area contributed by atoms with Crippen molar-refractivity contribution in [2.24, 2.45) is 5.84 Å². The van der Waals surface area contributed by atoms with Crippen molar-refractivity contribution in [3.05, 3.63) is 35.9 Å². The minimum atomic E-state index is -1.15. The van der Waals surface area contributed by atoms with Crippen molar-refractivity contribution in [3.8, 4) is 0 Å². The van der Waals surface area contributed by atoms with Crippen LogP contribution in [-0.4, -0.2) is 20.2 Å². The summed E-state index contributed by atoms with van der Waals surface area (Å²) in [5.41, 5.74) is -0.377. The maximum Gasteiger partial charge on any atom is 0.188 e. The first-order chi connectivity index (χ1) is 6.64. The molecular formula is C9H10N2OS2. The molecule has 3 N–H and O–H groups in total. The predicted octanol–water partition coefficient (Wildman–Crippen LogP) is 1.04. The third kappa shape index (κ3) is 1.42. The van der Waals surface area contributed by atoms with Gasteiger partial charge in [0.15, 0.2) is 10.0 Å². The van der Waals surface area contributed by atoms with Crippen LogP contribution < -0.4 is 5.84 Å². The van der Waals surface area contributed by atoms with Crippen LogP contribution in [0.4, 0.5) is 0 Å². The number of hydrazine groups is 1. The second kappa shape index (κ2) is 3.51. The monoisotopic (exact) mass is 226 g/mol. The van der Waals surface area contributed by atoms with Crippen LogP contribution >= 0.6 is 24.0 Å². The molecular weight excluding hydrogens is 216 g/mol. The van der Waals surface area contributed by atoms with Crippen LogP contribution in [0.5, 0.6) is 0 Å². The smallest absolute Gasteiger partial charge is 0.188 e. The Bertz CT molecular complexity index is 357. The van der Waals surface area contributed by atoms with E-state index in [4.69, 9.17) is 18.1 Å². The van der Waals surface area contributed by atoms with E-state index < -0.39 is 5.72 Å². The number of thiocarbonyl (C=S) groups is 1. The molecule has 0 bridgehead atoms. The summed E-state index contributed by atoms with van der Waals surface area (Å²) in [6.07, 6.45) is 0. The minimum absolute atomic E-state index is 0.479. The molecule has 14 heavy (non-hydrogen) atoms. The largest absolute Gasteiger partial charge is 0.365 e. The van der Waals surface area contributed by atoms with Crippen LogP contribution in [0, 0.1) is 0 Å². The molecule has 1 atom stereocenters. The maximum atomic E-state index is 10.3. The van der Waals surface area contributed by atoms with Crippen molar-refractivity contribution < 1.29 is 5.11 Å². The maximum absolute atomic E-state index is 10.3. The lowest BCUT2D eigenvalue weighted by atomic mass is 10.1. The topological polar surface area (TPSA) is 49.5 Å². The van der Waals surface area contributed by atoms with Gasteiger partial charge < -0.3 is 5.11 Å². The zero-order valence-corrected chi connectivity index (χ0v) is 9.02. The summed E-state index contributed by atoms with van der Waals surface area (Å²) in [7, 11) is 0. The molecule has 0 aliphatic carbocycles. The molecule has 2 rings (SSSR count). The third-order valence-corrected chi connectivity index (χ3v) is 3.77. The molecule has 1 aliphatic rings. The fourth-order valence-corrected chi connectivity index (χ4v) is 2.63. The van der Waals surface area contributed by atoms with Gasteiger partial charge in [0.05, 0.1) is 5.75 Å². The fourth-order valence-electron chi connectivity index (χ4n) is 1.38. The predicted molar refractivity (Wildman–Crippen MR) is 61.4 cm³/mol. The standard InChI is InChI=1S/C9H10N2OS2/c10-11-8(13)14-6-9(11,12)7-4-2-1-3-5-7/h1-5,12H,6,10H2. The second-order valence-corrected chi connectivity index (χ2v) is 4.72. The highest BCUT2D eigenvalue weighted by molar-refractivity contribution is 8.23. The van der Waals surface area contributed by atoms with E-state index in [-0.39, 0.29) is 0 Å². The molecule has 0 amide bonds. The van der Waals surface area contributed by atoms with Gasteiger partial charge in [0, 0.05) is 5.56 Å². The summed E-state index contributed by atoms with van der Waals surface area (Å²) in [6, 6.07) is 9.32. The molecule has 1 saturated heterocycles. The third-order valence-electron chi connectivity index (χ3n) is 2.23. The van der Waals surface area contributed by atoms with Gasteiger partial charge in [0.25, 0.3) is 0 Å². The number of benzene rings is 1. The number of hydrogen-bond acceptors (Lipinski definition) is 4. The Labute approximate surface area is 91.9 Å². The number of nitrogens with two attached hydrogens (primary N) is 1. The Balaban J connectivity index is 2.39. The highest BCUT2D eigenvalue weighted by Gasteiger charge is 2.42. The summed E-state index contributed by atoms with van der Waals surface area (Å²) in [4.78, 5) is 0. The summed E-state index contributed by atoms with van der Waals surface area (Å²) >= 11 is 6.38. The van der Waals surface area contributed by atoms with E-state index in [9.17, 15) is 5.11 Å². The Hall–Kier alpha value is -0.620. The Morgan fingerprint density at radius 3 is 2.57 bits per heavy atom. The molecule has 1 fully saturated rings. The fraction of sp³-hybridized carbons (Fsp3) is 0.222. The van der Waals surface area contributed by atoms with Gasteiger partial charge in [-0.3, -0.25) is 5.01 Å². The Morgan fingerprint density at radius 2 is 2.07 bits per heavy atom. The van der Waals surface area contributed by atoms with Gasteiger partial charge >= 0.3 is 0 Å².